The molecule has 0 unspecified atom stereocenters. The standard InChI is InChI=1S/C25H36F4O/c1-2-3-4-5-17-6-8-18(9-7-17)19-10-12-20(13-11-19)21-14-15-22(25(29)24(21)28)30-16-23(26)27/h14-15,17-20,23H,2-13,16H2,1H3. The van der Waals surface area contributed by atoms with E-state index in [0.29, 0.717) is 11.5 Å². The first-order valence-corrected chi connectivity index (χ1v) is 11.9. The zero-order valence-electron chi connectivity index (χ0n) is 18.2. The Labute approximate surface area is 178 Å². The van der Waals surface area contributed by atoms with E-state index in [0.717, 1.165) is 37.5 Å². The molecule has 0 heterocycles. The van der Waals surface area contributed by atoms with Gasteiger partial charge in [-0.25, -0.2) is 13.2 Å². The molecular weight excluding hydrogens is 392 g/mol. The zero-order chi connectivity index (χ0) is 21.5. The molecule has 0 atom stereocenters. The average molecular weight is 429 g/mol. The van der Waals surface area contributed by atoms with Gasteiger partial charge in [-0.2, -0.15) is 4.39 Å². The molecule has 1 aromatic carbocycles. The number of benzene rings is 1. The Morgan fingerprint density at radius 3 is 2.10 bits per heavy atom. The minimum atomic E-state index is -2.71. The van der Waals surface area contributed by atoms with Gasteiger partial charge in [-0.05, 0) is 73.8 Å². The predicted octanol–water partition coefficient (Wildman–Crippen LogP) is 8.27. The summed E-state index contributed by atoms with van der Waals surface area (Å²) in [7, 11) is 0. The van der Waals surface area contributed by atoms with Crippen LogP contribution in [0.3, 0.4) is 0 Å². The Balaban J connectivity index is 1.48. The fourth-order valence-corrected chi connectivity index (χ4v) is 5.66. The highest BCUT2D eigenvalue weighted by molar-refractivity contribution is 5.33. The van der Waals surface area contributed by atoms with Crippen LogP contribution >= 0.6 is 0 Å². The average Bonchev–Trinajstić information content (AvgIpc) is 2.76. The molecule has 0 amide bonds. The minimum absolute atomic E-state index is 0.00489. The van der Waals surface area contributed by atoms with Crippen molar-refractivity contribution in [2.75, 3.05) is 6.61 Å². The molecular formula is C25H36F4O. The smallest absolute Gasteiger partial charge is 0.272 e. The third kappa shape index (κ3) is 6.13. The molecule has 1 nitrogen and oxygen atoms in total. The normalized spacial score (nSPS) is 27.4. The van der Waals surface area contributed by atoms with E-state index in [-0.39, 0.29) is 5.92 Å². The van der Waals surface area contributed by atoms with Crippen LogP contribution in [0.5, 0.6) is 5.75 Å². The van der Waals surface area contributed by atoms with Crippen LogP contribution in [-0.4, -0.2) is 13.0 Å². The maximum Gasteiger partial charge on any atom is 0.272 e. The molecule has 0 spiro atoms. The largest absolute Gasteiger partial charge is 0.484 e. The first-order valence-electron chi connectivity index (χ1n) is 11.9. The van der Waals surface area contributed by atoms with Gasteiger partial charge in [0.05, 0.1) is 0 Å². The summed E-state index contributed by atoms with van der Waals surface area (Å²) in [5.74, 6) is -0.0906. The quantitative estimate of drug-likeness (QED) is 0.284. The topological polar surface area (TPSA) is 9.23 Å². The summed E-state index contributed by atoms with van der Waals surface area (Å²) >= 11 is 0. The van der Waals surface area contributed by atoms with Gasteiger partial charge in [0.25, 0.3) is 6.43 Å². The first-order chi connectivity index (χ1) is 14.5. The summed E-state index contributed by atoms with van der Waals surface area (Å²) in [6.45, 7) is 1.32. The van der Waals surface area contributed by atoms with Crippen LogP contribution in [0.1, 0.15) is 95.5 Å². The van der Waals surface area contributed by atoms with Crippen molar-refractivity contribution >= 4 is 0 Å². The molecule has 2 aliphatic carbocycles. The monoisotopic (exact) mass is 428 g/mol. The SMILES string of the molecule is CCCCCC1CCC(C2CCC(c3ccc(OCC(F)F)c(F)c3F)CC2)CC1. The van der Waals surface area contributed by atoms with Crippen LogP contribution in [-0.2, 0) is 0 Å². The van der Waals surface area contributed by atoms with E-state index < -0.39 is 30.4 Å². The highest BCUT2D eigenvalue weighted by Crippen LogP contribution is 2.45. The van der Waals surface area contributed by atoms with Crippen LogP contribution in [0.15, 0.2) is 12.1 Å². The van der Waals surface area contributed by atoms with Crippen molar-refractivity contribution in [2.24, 2.45) is 17.8 Å². The van der Waals surface area contributed by atoms with Crippen molar-refractivity contribution in [3.8, 4) is 5.75 Å². The molecule has 2 fully saturated rings. The van der Waals surface area contributed by atoms with Crippen LogP contribution in [0.2, 0.25) is 0 Å². The molecule has 30 heavy (non-hydrogen) atoms. The number of rotatable bonds is 9. The number of hydrogen-bond acceptors (Lipinski definition) is 1. The van der Waals surface area contributed by atoms with E-state index in [4.69, 9.17) is 4.74 Å². The zero-order valence-corrected chi connectivity index (χ0v) is 18.2. The molecule has 0 bridgehead atoms. The Kier molecular flexibility index (Phi) is 8.88. The number of ether oxygens (including phenoxy) is 1. The highest BCUT2D eigenvalue weighted by atomic mass is 19.3. The Morgan fingerprint density at radius 1 is 0.867 bits per heavy atom. The Bertz CT molecular complexity index is 647. The van der Waals surface area contributed by atoms with Crippen LogP contribution < -0.4 is 4.74 Å². The molecule has 0 N–H and O–H groups in total. The van der Waals surface area contributed by atoms with Gasteiger partial charge in [-0.1, -0.05) is 51.5 Å². The lowest BCUT2D eigenvalue weighted by Gasteiger charge is -2.38. The molecule has 0 aliphatic heterocycles. The van der Waals surface area contributed by atoms with Crippen LogP contribution in [0, 0.1) is 29.4 Å². The van der Waals surface area contributed by atoms with Gasteiger partial charge >= 0.3 is 0 Å². The summed E-state index contributed by atoms with van der Waals surface area (Å²) < 4.78 is 58.0. The third-order valence-corrected chi connectivity index (χ3v) is 7.43. The molecule has 2 aliphatic rings. The van der Waals surface area contributed by atoms with Gasteiger partial charge in [-0.3, -0.25) is 0 Å². The van der Waals surface area contributed by atoms with Gasteiger partial charge in [-0.15, -0.1) is 0 Å². The molecule has 5 heteroatoms. The highest BCUT2D eigenvalue weighted by Gasteiger charge is 2.32. The number of unbranched alkanes of at least 4 members (excludes halogenated alkanes) is 2. The van der Waals surface area contributed by atoms with Gasteiger partial charge in [0.1, 0.15) is 6.61 Å². The fourth-order valence-electron chi connectivity index (χ4n) is 5.66. The second-order valence-electron chi connectivity index (χ2n) is 9.37. The first kappa shape index (κ1) is 23.4. The molecule has 3 rings (SSSR count). The maximum atomic E-state index is 14.6. The van der Waals surface area contributed by atoms with Crippen molar-refractivity contribution < 1.29 is 22.3 Å². The summed E-state index contributed by atoms with van der Waals surface area (Å²) in [5.41, 5.74) is 0.370. The predicted molar refractivity (Wildman–Crippen MR) is 112 cm³/mol. The molecule has 0 saturated heterocycles. The lowest BCUT2D eigenvalue weighted by Crippen LogP contribution is -2.25. The summed E-state index contributed by atoms with van der Waals surface area (Å²) in [5, 5.41) is 0. The van der Waals surface area contributed by atoms with Crippen molar-refractivity contribution in [2.45, 2.75) is 96.3 Å². The van der Waals surface area contributed by atoms with Crippen molar-refractivity contribution in [3.63, 3.8) is 0 Å². The third-order valence-electron chi connectivity index (χ3n) is 7.43. The van der Waals surface area contributed by atoms with E-state index >= 15 is 0 Å². The van der Waals surface area contributed by atoms with Crippen molar-refractivity contribution in [1.82, 2.24) is 0 Å². The van der Waals surface area contributed by atoms with E-state index in [2.05, 4.69) is 6.92 Å². The minimum Gasteiger partial charge on any atom is -0.484 e. The maximum absolute atomic E-state index is 14.6. The van der Waals surface area contributed by atoms with Crippen molar-refractivity contribution in [3.05, 3.63) is 29.3 Å². The number of halogens is 4. The van der Waals surface area contributed by atoms with Crippen molar-refractivity contribution in [1.29, 1.82) is 0 Å². The van der Waals surface area contributed by atoms with E-state index in [9.17, 15) is 17.6 Å². The van der Waals surface area contributed by atoms with E-state index in [1.807, 2.05) is 0 Å². The summed E-state index contributed by atoms with van der Waals surface area (Å²) in [6, 6.07) is 2.81. The van der Waals surface area contributed by atoms with Gasteiger partial charge in [0.2, 0.25) is 5.82 Å². The van der Waals surface area contributed by atoms with Gasteiger partial charge in [0.15, 0.2) is 11.6 Å². The number of alkyl halides is 2. The second kappa shape index (κ2) is 11.4. The fraction of sp³-hybridized carbons (Fsp3) is 0.760. The van der Waals surface area contributed by atoms with Crippen LogP contribution in [0.25, 0.3) is 0 Å². The molecule has 170 valence electrons. The Hall–Kier alpha value is -1.26. The lowest BCUT2D eigenvalue weighted by atomic mass is 9.68. The molecule has 1 aromatic rings. The summed E-state index contributed by atoms with van der Waals surface area (Å²) in [4.78, 5) is 0. The molecule has 0 radical (unpaired) electrons. The van der Waals surface area contributed by atoms with Crippen LogP contribution in [0.4, 0.5) is 17.6 Å². The molecule has 2 saturated carbocycles. The van der Waals surface area contributed by atoms with Gasteiger partial charge in [0, 0.05) is 0 Å². The number of hydrogen-bond donors (Lipinski definition) is 0. The lowest BCUT2D eigenvalue weighted by molar-refractivity contribution is 0.0794. The Morgan fingerprint density at radius 2 is 1.50 bits per heavy atom. The van der Waals surface area contributed by atoms with E-state index in [1.54, 1.807) is 0 Å². The summed E-state index contributed by atoms with van der Waals surface area (Å²) in [6.07, 6.45) is 11.9. The second-order valence-corrected chi connectivity index (χ2v) is 9.37. The van der Waals surface area contributed by atoms with Gasteiger partial charge < -0.3 is 4.74 Å². The van der Waals surface area contributed by atoms with E-state index in [1.165, 1.54) is 63.5 Å². The molecule has 0 aromatic heterocycles.